The van der Waals surface area contributed by atoms with Crippen molar-refractivity contribution in [1.82, 2.24) is 9.66 Å². The first kappa shape index (κ1) is 13.1. The van der Waals surface area contributed by atoms with Crippen LogP contribution < -0.4 is 5.84 Å². The van der Waals surface area contributed by atoms with Gasteiger partial charge in [-0.05, 0) is 38.1 Å². The maximum absolute atomic E-state index is 12.9. The van der Waals surface area contributed by atoms with Crippen molar-refractivity contribution in [3.8, 4) is 11.3 Å². The molecule has 0 atom stereocenters. The van der Waals surface area contributed by atoms with E-state index in [9.17, 15) is 9.18 Å². The second-order valence-electron chi connectivity index (χ2n) is 3.97. The molecule has 0 unspecified atom stereocenters. The summed E-state index contributed by atoms with van der Waals surface area (Å²) in [7, 11) is 0. The molecule has 0 fully saturated rings. The molecule has 0 saturated heterocycles. The lowest BCUT2D eigenvalue weighted by Crippen LogP contribution is -2.19. The average Bonchev–Trinajstić information content (AvgIpc) is 2.67. The molecule has 6 heteroatoms. The molecule has 0 aliphatic carbocycles. The van der Waals surface area contributed by atoms with E-state index in [-0.39, 0.29) is 18.2 Å². The van der Waals surface area contributed by atoms with Gasteiger partial charge in [0.05, 0.1) is 18.0 Å². The average molecular weight is 263 g/mol. The third-order valence-electron chi connectivity index (χ3n) is 2.66. The van der Waals surface area contributed by atoms with Gasteiger partial charge in [0.25, 0.3) is 0 Å². The Balaban J connectivity index is 2.47. The highest BCUT2D eigenvalue weighted by atomic mass is 19.1. The Labute approximate surface area is 109 Å². The fourth-order valence-corrected chi connectivity index (χ4v) is 1.84. The van der Waals surface area contributed by atoms with Gasteiger partial charge < -0.3 is 10.6 Å². The lowest BCUT2D eigenvalue weighted by Gasteiger charge is -2.06. The number of carbonyl (C=O) groups is 1. The van der Waals surface area contributed by atoms with E-state index >= 15 is 0 Å². The minimum atomic E-state index is -0.582. The van der Waals surface area contributed by atoms with Crippen molar-refractivity contribution in [2.24, 2.45) is 0 Å². The molecule has 0 radical (unpaired) electrons. The molecule has 2 N–H and O–H groups in total. The molecule has 0 aliphatic heterocycles. The Morgan fingerprint density at radius 1 is 1.42 bits per heavy atom. The van der Waals surface area contributed by atoms with Gasteiger partial charge in [-0.1, -0.05) is 0 Å². The number of ether oxygens (including phenoxy) is 1. The van der Waals surface area contributed by atoms with Crippen molar-refractivity contribution in [1.29, 1.82) is 0 Å². The smallest absolute Gasteiger partial charge is 0.376 e. The number of nitrogens with two attached hydrogens (primary N) is 1. The number of benzene rings is 1. The number of hydrogen-bond donors (Lipinski definition) is 1. The molecule has 100 valence electrons. The van der Waals surface area contributed by atoms with Gasteiger partial charge in [-0.15, -0.1) is 0 Å². The fraction of sp³-hybridized carbons (Fsp3) is 0.231. The lowest BCUT2D eigenvalue weighted by atomic mass is 10.1. The van der Waals surface area contributed by atoms with Crippen LogP contribution in [0.3, 0.4) is 0 Å². The number of rotatable bonds is 3. The summed E-state index contributed by atoms with van der Waals surface area (Å²) in [6.45, 7) is 3.68. The second kappa shape index (κ2) is 5.09. The summed E-state index contributed by atoms with van der Waals surface area (Å²) in [6, 6.07) is 5.81. The molecule has 1 aromatic carbocycles. The third kappa shape index (κ3) is 2.42. The molecule has 0 aliphatic rings. The normalized spacial score (nSPS) is 10.5. The standard InChI is InChI=1S/C13H14FN3O2/c1-3-19-13(18)12-16-8(2)11(17(12)15)9-4-6-10(14)7-5-9/h4-7H,3,15H2,1-2H3. The van der Waals surface area contributed by atoms with Gasteiger partial charge in [0.2, 0.25) is 5.82 Å². The van der Waals surface area contributed by atoms with Crippen molar-refractivity contribution in [2.75, 3.05) is 12.4 Å². The highest BCUT2D eigenvalue weighted by Gasteiger charge is 2.20. The van der Waals surface area contributed by atoms with Crippen molar-refractivity contribution < 1.29 is 13.9 Å². The number of aromatic nitrogens is 2. The molecular formula is C13H14FN3O2. The van der Waals surface area contributed by atoms with E-state index < -0.39 is 5.97 Å². The minimum Gasteiger partial charge on any atom is -0.460 e. The number of esters is 1. The Morgan fingerprint density at radius 2 is 2.05 bits per heavy atom. The number of carbonyl (C=O) groups excluding carboxylic acids is 1. The molecule has 1 aromatic heterocycles. The second-order valence-corrected chi connectivity index (χ2v) is 3.97. The number of nitrogen functional groups attached to an aromatic ring is 1. The summed E-state index contributed by atoms with van der Waals surface area (Å²) in [4.78, 5) is 15.8. The number of hydrogen-bond acceptors (Lipinski definition) is 4. The predicted molar refractivity (Wildman–Crippen MR) is 68.5 cm³/mol. The van der Waals surface area contributed by atoms with Crippen LogP contribution in [0.4, 0.5) is 4.39 Å². The summed E-state index contributed by atoms with van der Waals surface area (Å²) in [6.07, 6.45) is 0. The maximum Gasteiger partial charge on any atom is 0.376 e. The van der Waals surface area contributed by atoms with Crippen molar-refractivity contribution in [2.45, 2.75) is 13.8 Å². The Bertz CT molecular complexity index is 605. The summed E-state index contributed by atoms with van der Waals surface area (Å²) in [5.74, 6) is 4.97. The number of nitrogens with zero attached hydrogens (tertiary/aromatic N) is 2. The van der Waals surface area contributed by atoms with E-state index in [1.807, 2.05) is 0 Å². The zero-order valence-corrected chi connectivity index (χ0v) is 10.7. The molecule has 5 nitrogen and oxygen atoms in total. The van der Waals surface area contributed by atoms with Crippen LogP contribution >= 0.6 is 0 Å². The fourth-order valence-electron chi connectivity index (χ4n) is 1.84. The maximum atomic E-state index is 12.9. The van der Waals surface area contributed by atoms with E-state index in [0.29, 0.717) is 17.0 Å². The zero-order chi connectivity index (χ0) is 14.0. The highest BCUT2D eigenvalue weighted by Crippen LogP contribution is 2.23. The lowest BCUT2D eigenvalue weighted by molar-refractivity contribution is 0.0509. The van der Waals surface area contributed by atoms with E-state index in [0.717, 1.165) is 0 Å². The van der Waals surface area contributed by atoms with Crippen molar-refractivity contribution in [3.05, 3.63) is 41.6 Å². The Hall–Kier alpha value is -2.37. The molecular weight excluding hydrogens is 249 g/mol. The van der Waals surface area contributed by atoms with E-state index in [1.165, 1.54) is 16.8 Å². The van der Waals surface area contributed by atoms with Gasteiger partial charge in [-0.3, -0.25) is 0 Å². The van der Waals surface area contributed by atoms with Crippen LogP contribution in [-0.4, -0.2) is 22.2 Å². The molecule has 1 heterocycles. The Kier molecular flexibility index (Phi) is 3.50. The quantitative estimate of drug-likeness (QED) is 0.678. The Morgan fingerprint density at radius 3 is 2.63 bits per heavy atom. The minimum absolute atomic E-state index is 0.0266. The summed E-state index contributed by atoms with van der Waals surface area (Å²) >= 11 is 0. The summed E-state index contributed by atoms with van der Waals surface area (Å²) < 4.78 is 18.9. The van der Waals surface area contributed by atoms with Gasteiger partial charge in [0, 0.05) is 5.56 Å². The first-order valence-corrected chi connectivity index (χ1v) is 5.82. The van der Waals surface area contributed by atoms with Crippen LogP contribution in [0.15, 0.2) is 24.3 Å². The van der Waals surface area contributed by atoms with Crippen LogP contribution in [0, 0.1) is 12.7 Å². The molecule has 0 bridgehead atoms. The number of imidazole rings is 1. The van der Waals surface area contributed by atoms with Crippen LogP contribution in [0.2, 0.25) is 0 Å². The van der Waals surface area contributed by atoms with Gasteiger partial charge in [0.15, 0.2) is 0 Å². The number of halogens is 1. The molecule has 0 amide bonds. The molecule has 2 aromatic rings. The predicted octanol–water partition coefficient (Wildman–Crippen LogP) is 1.89. The van der Waals surface area contributed by atoms with Crippen LogP contribution in [0.5, 0.6) is 0 Å². The van der Waals surface area contributed by atoms with Crippen LogP contribution in [-0.2, 0) is 4.74 Å². The first-order valence-electron chi connectivity index (χ1n) is 5.82. The van der Waals surface area contributed by atoms with E-state index in [4.69, 9.17) is 10.6 Å². The summed E-state index contributed by atoms with van der Waals surface area (Å²) in [5.41, 5.74) is 1.82. The monoisotopic (exact) mass is 263 g/mol. The number of aryl methyl sites for hydroxylation is 1. The van der Waals surface area contributed by atoms with Gasteiger partial charge in [-0.25, -0.2) is 18.8 Å². The van der Waals surface area contributed by atoms with Crippen molar-refractivity contribution in [3.63, 3.8) is 0 Å². The third-order valence-corrected chi connectivity index (χ3v) is 2.66. The summed E-state index contributed by atoms with van der Waals surface area (Å²) in [5, 5.41) is 0. The molecule has 0 spiro atoms. The van der Waals surface area contributed by atoms with E-state index in [1.54, 1.807) is 26.0 Å². The van der Waals surface area contributed by atoms with E-state index in [2.05, 4.69) is 4.98 Å². The SMILES string of the molecule is CCOC(=O)c1nc(C)c(-c2ccc(F)cc2)n1N. The molecule has 19 heavy (non-hydrogen) atoms. The molecule has 0 saturated carbocycles. The largest absolute Gasteiger partial charge is 0.460 e. The van der Waals surface area contributed by atoms with Gasteiger partial charge in [-0.2, -0.15) is 0 Å². The first-order chi connectivity index (χ1) is 9.04. The van der Waals surface area contributed by atoms with Crippen molar-refractivity contribution >= 4 is 5.97 Å². The zero-order valence-electron chi connectivity index (χ0n) is 10.7. The topological polar surface area (TPSA) is 70.1 Å². The highest BCUT2D eigenvalue weighted by molar-refractivity contribution is 5.87. The van der Waals surface area contributed by atoms with Crippen LogP contribution in [0.25, 0.3) is 11.3 Å². The van der Waals surface area contributed by atoms with Gasteiger partial charge in [0.1, 0.15) is 5.82 Å². The van der Waals surface area contributed by atoms with Crippen LogP contribution in [0.1, 0.15) is 23.2 Å². The molecule has 2 rings (SSSR count). The van der Waals surface area contributed by atoms with Gasteiger partial charge >= 0.3 is 5.97 Å².